The van der Waals surface area contributed by atoms with E-state index in [2.05, 4.69) is 10.4 Å². The Bertz CT molecular complexity index is 1080. The summed E-state index contributed by atoms with van der Waals surface area (Å²) in [5, 5.41) is 7.87. The second kappa shape index (κ2) is 8.27. The normalized spacial score (nSPS) is 10.6. The quantitative estimate of drug-likeness (QED) is 0.618. The molecule has 0 spiro atoms. The molecule has 0 bridgehead atoms. The van der Waals surface area contributed by atoms with Crippen LogP contribution in [0.5, 0.6) is 5.75 Å². The van der Waals surface area contributed by atoms with E-state index in [0.717, 1.165) is 5.56 Å². The lowest BCUT2D eigenvalue weighted by Gasteiger charge is -2.17. The summed E-state index contributed by atoms with van der Waals surface area (Å²) in [7, 11) is 1.54. The average Bonchev–Trinajstić information content (AvgIpc) is 2.71. The standard InChI is InChI=1S/C21H20ClN3O3/c1-4-25-21(27)20(23-17-12-15(28-3)10-11-16(17)22)18(13(2)26)19(24-25)14-8-6-5-7-9-14/h5-12,23H,4H2,1-3H3. The summed E-state index contributed by atoms with van der Waals surface area (Å²) < 4.78 is 6.56. The highest BCUT2D eigenvalue weighted by Crippen LogP contribution is 2.32. The Balaban J connectivity index is 2.28. The van der Waals surface area contributed by atoms with Gasteiger partial charge in [-0.1, -0.05) is 41.9 Å². The molecule has 0 fully saturated rings. The smallest absolute Gasteiger partial charge is 0.291 e. The van der Waals surface area contributed by atoms with Crippen molar-refractivity contribution in [2.24, 2.45) is 0 Å². The highest BCUT2D eigenvalue weighted by Gasteiger charge is 2.22. The maximum absolute atomic E-state index is 13.0. The predicted octanol–water partition coefficient (Wildman–Crippen LogP) is 4.54. The minimum Gasteiger partial charge on any atom is -0.497 e. The molecule has 6 nitrogen and oxygen atoms in total. The van der Waals surface area contributed by atoms with Crippen molar-refractivity contribution in [1.29, 1.82) is 0 Å². The summed E-state index contributed by atoms with van der Waals surface area (Å²) in [6.45, 7) is 3.59. The molecule has 28 heavy (non-hydrogen) atoms. The maximum Gasteiger partial charge on any atom is 0.291 e. The van der Waals surface area contributed by atoms with Gasteiger partial charge in [-0.15, -0.1) is 0 Å². The molecule has 1 N–H and O–H groups in total. The first-order valence-electron chi connectivity index (χ1n) is 8.78. The van der Waals surface area contributed by atoms with Gasteiger partial charge in [0.15, 0.2) is 5.78 Å². The van der Waals surface area contributed by atoms with Gasteiger partial charge < -0.3 is 10.1 Å². The number of aryl methyl sites for hydroxylation is 1. The van der Waals surface area contributed by atoms with Crippen LogP contribution in [0.4, 0.5) is 11.4 Å². The first kappa shape index (κ1) is 19.6. The minimum atomic E-state index is -0.397. The highest BCUT2D eigenvalue weighted by molar-refractivity contribution is 6.33. The van der Waals surface area contributed by atoms with E-state index in [4.69, 9.17) is 16.3 Å². The average molecular weight is 398 g/mol. The van der Waals surface area contributed by atoms with E-state index < -0.39 is 5.56 Å². The van der Waals surface area contributed by atoms with Crippen molar-refractivity contribution in [3.63, 3.8) is 0 Å². The van der Waals surface area contributed by atoms with Gasteiger partial charge in [-0.05, 0) is 26.0 Å². The van der Waals surface area contributed by atoms with Crippen molar-refractivity contribution in [3.8, 4) is 17.0 Å². The predicted molar refractivity (Wildman–Crippen MR) is 111 cm³/mol. The Morgan fingerprint density at radius 1 is 1.21 bits per heavy atom. The third-order valence-corrected chi connectivity index (χ3v) is 4.62. The molecule has 7 heteroatoms. The van der Waals surface area contributed by atoms with Crippen molar-refractivity contribution in [2.45, 2.75) is 20.4 Å². The molecule has 0 aliphatic carbocycles. The molecular formula is C21H20ClN3O3. The fraction of sp³-hybridized carbons (Fsp3) is 0.190. The van der Waals surface area contributed by atoms with Crippen LogP contribution in [0.1, 0.15) is 24.2 Å². The number of halogens is 1. The lowest BCUT2D eigenvalue weighted by atomic mass is 10.0. The lowest BCUT2D eigenvalue weighted by molar-refractivity contribution is 0.101. The van der Waals surface area contributed by atoms with Crippen LogP contribution in [-0.4, -0.2) is 22.7 Å². The maximum atomic E-state index is 13.0. The van der Waals surface area contributed by atoms with Gasteiger partial charge in [0.2, 0.25) is 0 Å². The van der Waals surface area contributed by atoms with Gasteiger partial charge in [0.25, 0.3) is 5.56 Å². The number of nitrogens with zero attached hydrogens (tertiary/aromatic N) is 2. The zero-order valence-electron chi connectivity index (χ0n) is 15.8. The summed E-state index contributed by atoms with van der Waals surface area (Å²) in [6, 6.07) is 14.3. The fourth-order valence-corrected chi connectivity index (χ4v) is 3.07. The van der Waals surface area contributed by atoms with Crippen LogP contribution >= 0.6 is 11.6 Å². The molecule has 0 atom stereocenters. The molecule has 0 saturated carbocycles. The third kappa shape index (κ3) is 3.77. The number of ketones is 1. The second-order valence-electron chi connectivity index (χ2n) is 6.11. The van der Waals surface area contributed by atoms with E-state index in [1.165, 1.54) is 18.7 Å². The SMILES string of the molecule is CCn1nc(-c2ccccc2)c(C(C)=O)c(Nc2cc(OC)ccc2Cl)c1=O. The summed E-state index contributed by atoms with van der Waals surface area (Å²) >= 11 is 6.29. The number of carbonyl (C=O) groups is 1. The number of hydrogen-bond donors (Lipinski definition) is 1. The number of rotatable bonds is 6. The van der Waals surface area contributed by atoms with E-state index in [1.54, 1.807) is 18.2 Å². The topological polar surface area (TPSA) is 73.2 Å². The van der Waals surface area contributed by atoms with Crippen LogP contribution in [0.3, 0.4) is 0 Å². The Morgan fingerprint density at radius 3 is 2.54 bits per heavy atom. The van der Waals surface area contributed by atoms with Crippen LogP contribution < -0.4 is 15.6 Å². The first-order chi connectivity index (χ1) is 13.5. The number of anilines is 2. The zero-order chi connectivity index (χ0) is 20.3. The molecule has 0 amide bonds. The Morgan fingerprint density at radius 2 is 1.93 bits per heavy atom. The number of carbonyl (C=O) groups excluding carboxylic acids is 1. The van der Waals surface area contributed by atoms with Crippen LogP contribution in [0.25, 0.3) is 11.3 Å². The largest absolute Gasteiger partial charge is 0.497 e. The second-order valence-corrected chi connectivity index (χ2v) is 6.52. The summed E-state index contributed by atoms with van der Waals surface area (Å²) in [5.74, 6) is 0.303. The fourth-order valence-electron chi connectivity index (χ4n) is 2.90. The molecule has 0 unspecified atom stereocenters. The van der Waals surface area contributed by atoms with Crippen molar-refractivity contribution < 1.29 is 9.53 Å². The van der Waals surface area contributed by atoms with Gasteiger partial charge in [-0.2, -0.15) is 5.10 Å². The number of aromatic nitrogens is 2. The van der Waals surface area contributed by atoms with Crippen molar-refractivity contribution >= 4 is 28.8 Å². The van der Waals surface area contributed by atoms with Gasteiger partial charge in [0.1, 0.15) is 17.1 Å². The van der Waals surface area contributed by atoms with Crippen LogP contribution in [-0.2, 0) is 6.54 Å². The number of methoxy groups -OCH3 is 1. The number of Topliss-reactive ketones (excluding diaryl/α,β-unsaturated/α-hetero) is 1. The Kier molecular flexibility index (Phi) is 5.80. The summed E-state index contributed by atoms with van der Waals surface area (Å²) in [5.41, 5.74) is 1.61. The van der Waals surface area contributed by atoms with Gasteiger partial charge >= 0.3 is 0 Å². The molecule has 0 aliphatic heterocycles. The van der Waals surface area contributed by atoms with Crippen LogP contribution in [0.2, 0.25) is 5.02 Å². The van der Waals surface area contributed by atoms with Gasteiger partial charge in [0, 0.05) is 18.2 Å². The van der Waals surface area contributed by atoms with Gasteiger partial charge in [-0.25, -0.2) is 4.68 Å². The molecule has 0 saturated heterocycles. The van der Waals surface area contributed by atoms with Crippen molar-refractivity contribution in [1.82, 2.24) is 9.78 Å². The molecule has 1 heterocycles. The number of nitrogens with one attached hydrogen (secondary N) is 1. The molecule has 0 radical (unpaired) electrons. The van der Waals surface area contributed by atoms with Gasteiger partial charge in [-0.3, -0.25) is 9.59 Å². The van der Waals surface area contributed by atoms with Gasteiger partial charge in [0.05, 0.1) is 23.4 Å². The van der Waals surface area contributed by atoms with E-state index in [0.29, 0.717) is 28.7 Å². The van der Waals surface area contributed by atoms with Crippen LogP contribution in [0.15, 0.2) is 53.3 Å². The Labute approximate surface area is 167 Å². The molecule has 3 rings (SSSR count). The van der Waals surface area contributed by atoms with E-state index >= 15 is 0 Å². The van der Waals surface area contributed by atoms with E-state index in [-0.39, 0.29) is 17.0 Å². The van der Waals surface area contributed by atoms with E-state index in [9.17, 15) is 9.59 Å². The van der Waals surface area contributed by atoms with Crippen molar-refractivity contribution in [3.05, 3.63) is 69.5 Å². The number of ether oxygens (including phenoxy) is 1. The number of hydrogen-bond acceptors (Lipinski definition) is 5. The first-order valence-corrected chi connectivity index (χ1v) is 9.16. The summed E-state index contributed by atoms with van der Waals surface area (Å²) in [6.07, 6.45) is 0. The lowest BCUT2D eigenvalue weighted by Crippen LogP contribution is -2.28. The molecule has 3 aromatic rings. The zero-order valence-corrected chi connectivity index (χ0v) is 16.6. The number of benzene rings is 2. The summed E-state index contributed by atoms with van der Waals surface area (Å²) in [4.78, 5) is 25.5. The molecular weight excluding hydrogens is 378 g/mol. The van der Waals surface area contributed by atoms with Crippen molar-refractivity contribution in [2.75, 3.05) is 12.4 Å². The minimum absolute atomic E-state index is 0.137. The molecule has 144 valence electrons. The molecule has 2 aromatic carbocycles. The molecule has 0 aliphatic rings. The van der Waals surface area contributed by atoms with E-state index in [1.807, 2.05) is 37.3 Å². The monoisotopic (exact) mass is 397 g/mol. The highest BCUT2D eigenvalue weighted by atomic mass is 35.5. The van der Waals surface area contributed by atoms with Crippen LogP contribution in [0, 0.1) is 0 Å². The Hall–Kier alpha value is -3.12. The molecule has 1 aromatic heterocycles. The third-order valence-electron chi connectivity index (χ3n) is 4.29.